The Morgan fingerprint density at radius 3 is 2.70 bits per heavy atom. The number of nitrogen functional groups attached to an aromatic ring is 1. The van der Waals surface area contributed by atoms with Gasteiger partial charge in [0.25, 0.3) is 15.9 Å². The van der Waals surface area contributed by atoms with Crippen LogP contribution >= 0.6 is 11.6 Å². The van der Waals surface area contributed by atoms with Gasteiger partial charge in [-0.05, 0) is 24.3 Å². The highest BCUT2D eigenvalue weighted by atomic mass is 35.5. The molecule has 0 fully saturated rings. The van der Waals surface area contributed by atoms with E-state index in [1.165, 1.54) is 18.3 Å². The molecule has 5 N–H and O–H groups in total. The molecule has 1 amide bonds. The number of carbonyl (C=O) groups excluding carboxylic acids is 1. The molecule has 0 radical (unpaired) electrons. The van der Waals surface area contributed by atoms with Gasteiger partial charge in [0.1, 0.15) is 10.6 Å². The Bertz CT molecular complexity index is 742. The fourth-order valence-electron chi connectivity index (χ4n) is 1.50. The fourth-order valence-corrected chi connectivity index (χ4v) is 2.74. The first-order valence-corrected chi connectivity index (χ1v) is 7.26. The standard InChI is InChI=1S/C11H11ClN4O3S/c12-7-2-1-3-8(4-7)16-20(18,19)9-5-10(14-6-9)11(17)15-13/h1-6,14,16H,13H2,(H,15,17). The van der Waals surface area contributed by atoms with E-state index < -0.39 is 15.9 Å². The average Bonchev–Trinajstić information content (AvgIpc) is 2.87. The van der Waals surface area contributed by atoms with Crippen molar-refractivity contribution in [1.29, 1.82) is 0 Å². The highest BCUT2D eigenvalue weighted by molar-refractivity contribution is 7.92. The molecule has 2 rings (SSSR count). The van der Waals surface area contributed by atoms with Gasteiger partial charge in [-0.25, -0.2) is 14.3 Å². The Morgan fingerprint density at radius 1 is 1.30 bits per heavy atom. The molecule has 0 saturated carbocycles. The number of hydrogen-bond acceptors (Lipinski definition) is 4. The zero-order valence-corrected chi connectivity index (χ0v) is 11.6. The predicted octanol–water partition coefficient (Wildman–Crippen LogP) is 1.07. The van der Waals surface area contributed by atoms with Gasteiger partial charge in [-0.1, -0.05) is 17.7 Å². The third-order valence-electron chi connectivity index (χ3n) is 2.42. The van der Waals surface area contributed by atoms with Gasteiger partial charge in [0, 0.05) is 11.2 Å². The second-order valence-electron chi connectivity index (χ2n) is 3.84. The molecule has 7 nitrogen and oxygen atoms in total. The maximum absolute atomic E-state index is 12.1. The number of aromatic nitrogens is 1. The van der Waals surface area contributed by atoms with E-state index in [4.69, 9.17) is 17.4 Å². The second kappa shape index (κ2) is 5.53. The molecule has 0 saturated heterocycles. The summed E-state index contributed by atoms with van der Waals surface area (Å²) in [4.78, 5) is 13.7. The van der Waals surface area contributed by atoms with Crippen molar-refractivity contribution in [2.24, 2.45) is 5.84 Å². The van der Waals surface area contributed by atoms with Gasteiger partial charge in [0.15, 0.2) is 0 Å². The third kappa shape index (κ3) is 3.10. The number of amides is 1. The molecule has 106 valence electrons. The molecule has 1 aromatic carbocycles. The number of benzene rings is 1. The normalized spacial score (nSPS) is 11.1. The van der Waals surface area contributed by atoms with Crippen molar-refractivity contribution in [1.82, 2.24) is 10.4 Å². The van der Waals surface area contributed by atoms with E-state index in [1.54, 1.807) is 18.2 Å². The van der Waals surface area contributed by atoms with Crippen LogP contribution in [0.3, 0.4) is 0 Å². The first kappa shape index (κ1) is 14.4. The lowest BCUT2D eigenvalue weighted by atomic mass is 10.3. The zero-order valence-electron chi connectivity index (χ0n) is 10.1. The van der Waals surface area contributed by atoms with E-state index in [9.17, 15) is 13.2 Å². The van der Waals surface area contributed by atoms with Crippen LogP contribution in [0.4, 0.5) is 5.69 Å². The third-order valence-corrected chi connectivity index (χ3v) is 4.02. The summed E-state index contributed by atoms with van der Waals surface area (Å²) in [6.07, 6.45) is 1.19. The lowest BCUT2D eigenvalue weighted by Gasteiger charge is -2.06. The van der Waals surface area contributed by atoms with E-state index in [1.807, 2.05) is 5.43 Å². The molecule has 1 aromatic heterocycles. The number of nitrogens with one attached hydrogen (secondary N) is 3. The first-order chi connectivity index (χ1) is 9.42. The summed E-state index contributed by atoms with van der Waals surface area (Å²) in [6, 6.07) is 7.45. The van der Waals surface area contributed by atoms with Crippen LogP contribution in [0.1, 0.15) is 10.5 Å². The first-order valence-electron chi connectivity index (χ1n) is 5.40. The van der Waals surface area contributed by atoms with Crippen molar-refractivity contribution >= 4 is 33.2 Å². The van der Waals surface area contributed by atoms with Crippen LogP contribution in [0.2, 0.25) is 5.02 Å². The number of hydrogen-bond donors (Lipinski definition) is 4. The summed E-state index contributed by atoms with van der Waals surface area (Å²) in [5.41, 5.74) is 2.26. The van der Waals surface area contributed by atoms with Gasteiger partial charge in [0.05, 0.1) is 5.69 Å². The molecule has 0 aliphatic carbocycles. The molecule has 20 heavy (non-hydrogen) atoms. The number of sulfonamides is 1. The monoisotopic (exact) mass is 314 g/mol. The fraction of sp³-hybridized carbons (Fsp3) is 0. The van der Waals surface area contributed by atoms with E-state index >= 15 is 0 Å². The minimum absolute atomic E-state index is 0.0407. The highest BCUT2D eigenvalue weighted by Crippen LogP contribution is 2.19. The SMILES string of the molecule is NNC(=O)c1cc(S(=O)(=O)Nc2cccc(Cl)c2)c[nH]1. The molecular formula is C11H11ClN4O3S. The van der Waals surface area contributed by atoms with Gasteiger partial charge in [-0.15, -0.1) is 0 Å². The number of anilines is 1. The maximum Gasteiger partial charge on any atom is 0.281 e. The highest BCUT2D eigenvalue weighted by Gasteiger charge is 2.18. The van der Waals surface area contributed by atoms with Crippen LogP contribution in [0.25, 0.3) is 0 Å². The Labute approximate surface area is 120 Å². The van der Waals surface area contributed by atoms with Crippen LogP contribution in [-0.4, -0.2) is 19.3 Å². The van der Waals surface area contributed by atoms with Crippen molar-refractivity contribution in [3.05, 3.63) is 47.2 Å². The van der Waals surface area contributed by atoms with E-state index in [0.717, 1.165) is 0 Å². The van der Waals surface area contributed by atoms with Crippen molar-refractivity contribution in [2.45, 2.75) is 4.90 Å². The molecule has 0 unspecified atom stereocenters. The molecule has 0 aliphatic heterocycles. The Hall–Kier alpha value is -2.03. The Balaban J connectivity index is 2.27. The van der Waals surface area contributed by atoms with Crippen molar-refractivity contribution in [3.8, 4) is 0 Å². The van der Waals surface area contributed by atoms with Crippen molar-refractivity contribution in [2.75, 3.05) is 4.72 Å². The number of halogens is 1. The second-order valence-corrected chi connectivity index (χ2v) is 5.96. The average molecular weight is 315 g/mol. The van der Waals surface area contributed by atoms with Gasteiger partial charge < -0.3 is 4.98 Å². The van der Waals surface area contributed by atoms with Crippen LogP contribution in [-0.2, 0) is 10.0 Å². The van der Waals surface area contributed by atoms with Crippen LogP contribution < -0.4 is 16.0 Å². The van der Waals surface area contributed by atoms with Crippen LogP contribution in [0.15, 0.2) is 41.4 Å². The minimum atomic E-state index is -3.81. The van der Waals surface area contributed by atoms with Gasteiger partial charge >= 0.3 is 0 Å². The predicted molar refractivity (Wildman–Crippen MR) is 74.7 cm³/mol. The zero-order chi connectivity index (χ0) is 14.8. The number of hydrazine groups is 1. The van der Waals surface area contributed by atoms with E-state index in [-0.39, 0.29) is 10.6 Å². The number of rotatable bonds is 4. The molecule has 2 aromatic rings. The van der Waals surface area contributed by atoms with Crippen LogP contribution in [0, 0.1) is 0 Å². The molecule has 0 aliphatic rings. The number of nitrogens with two attached hydrogens (primary N) is 1. The van der Waals surface area contributed by atoms with E-state index in [0.29, 0.717) is 10.7 Å². The summed E-state index contributed by atoms with van der Waals surface area (Å²) in [6.45, 7) is 0. The van der Waals surface area contributed by atoms with Gasteiger partial charge in [0.2, 0.25) is 0 Å². The summed E-state index contributed by atoms with van der Waals surface area (Å²) < 4.78 is 26.6. The van der Waals surface area contributed by atoms with Gasteiger partial charge in [-0.3, -0.25) is 14.9 Å². The number of aromatic amines is 1. The Kier molecular flexibility index (Phi) is 3.98. The number of carbonyl (C=O) groups is 1. The molecule has 0 spiro atoms. The molecule has 9 heteroatoms. The molecule has 1 heterocycles. The lowest BCUT2D eigenvalue weighted by Crippen LogP contribution is -2.30. The van der Waals surface area contributed by atoms with E-state index in [2.05, 4.69) is 9.71 Å². The summed E-state index contributed by atoms with van der Waals surface area (Å²) >= 11 is 5.78. The summed E-state index contributed by atoms with van der Waals surface area (Å²) in [5.74, 6) is 4.35. The lowest BCUT2D eigenvalue weighted by molar-refractivity contribution is 0.0949. The molecule has 0 bridgehead atoms. The quantitative estimate of drug-likeness (QED) is 0.383. The minimum Gasteiger partial charge on any atom is -0.356 e. The number of H-pyrrole nitrogens is 1. The van der Waals surface area contributed by atoms with Gasteiger partial charge in [-0.2, -0.15) is 0 Å². The largest absolute Gasteiger partial charge is 0.356 e. The summed E-state index contributed by atoms with van der Waals surface area (Å²) in [5, 5.41) is 0.405. The van der Waals surface area contributed by atoms with Crippen molar-refractivity contribution in [3.63, 3.8) is 0 Å². The topological polar surface area (TPSA) is 117 Å². The Morgan fingerprint density at radius 2 is 2.05 bits per heavy atom. The van der Waals surface area contributed by atoms with Crippen molar-refractivity contribution < 1.29 is 13.2 Å². The summed E-state index contributed by atoms with van der Waals surface area (Å²) in [7, 11) is -3.81. The smallest absolute Gasteiger partial charge is 0.281 e. The maximum atomic E-state index is 12.1. The molecular weight excluding hydrogens is 304 g/mol. The molecule has 0 atom stereocenters. The van der Waals surface area contributed by atoms with Crippen LogP contribution in [0.5, 0.6) is 0 Å².